The van der Waals surface area contributed by atoms with Crippen molar-refractivity contribution in [2.24, 2.45) is 4.36 Å². The van der Waals surface area contributed by atoms with Gasteiger partial charge in [-0.3, -0.25) is 4.79 Å². The van der Waals surface area contributed by atoms with Crippen molar-refractivity contribution in [1.29, 1.82) is 0 Å². The molecule has 0 bridgehead atoms. The molecule has 1 aliphatic heterocycles. The highest BCUT2D eigenvalue weighted by atomic mass is 32.2. The molecule has 2 aromatic carbocycles. The van der Waals surface area contributed by atoms with Crippen LogP contribution in [-0.4, -0.2) is 47.2 Å². The molecule has 1 saturated heterocycles. The molecule has 2 heterocycles. The average molecular weight is 463 g/mol. The maximum atomic E-state index is 15.0. The number of nitrogens with one attached hydrogen (secondary N) is 2. The molecule has 0 aliphatic carbocycles. The molecule has 0 saturated carbocycles. The van der Waals surface area contributed by atoms with E-state index in [1.165, 1.54) is 24.5 Å². The fraction of sp³-hybridized carbons (Fsp3) is 0.286. The molecule has 1 aliphatic rings. The first-order chi connectivity index (χ1) is 15.5. The van der Waals surface area contributed by atoms with Gasteiger partial charge in [0.1, 0.15) is 36.2 Å². The number of fused-ring (bicyclic) bond motifs is 1. The molecule has 3 aromatic rings. The molecule has 2 N–H and O–H groups in total. The summed E-state index contributed by atoms with van der Waals surface area (Å²) in [4.78, 5) is 20.0. The first-order valence-electron chi connectivity index (χ1n) is 9.89. The summed E-state index contributed by atoms with van der Waals surface area (Å²) in [6.07, 6.45) is 2.42. The predicted octanol–water partition coefficient (Wildman–Crippen LogP) is 3.95. The molecule has 0 atom stereocenters. The number of carbonyl (C=O) groups excluding carboxylic acids is 1. The first-order valence-corrected chi connectivity index (χ1v) is 11.4. The Bertz CT molecular complexity index is 1190. The summed E-state index contributed by atoms with van der Waals surface area (Å²) in [5.41, 5.74) is 1.18. The zero-order valence-corrected chi connectivity index (χ0v) is 17.7. The number of aromatic nitrogens is 2. The lowest BCUT2D eigenvalue weighted by molar-refractivity contribution is -0.123. The quantitative estimate of drug-likeness (QED) is 0.528. The fourth-order valence-corrected chi connectivity index (χ4v) is 4.15. The fourth-order valence-electron chi connectivity index (χ4n) is 3.02. The highest BCUT2D eigenvalue weighted by Gasteiger charge is 2.16. The summed E-state index contributed by atoms with van der Waals surface area (Å²) in [6, 6.07) is 6.71. The number of anilines is 2. The molecule has 0 spiro atoms. The largest absolute Gasteiger partial charge is 0.481 e. The number of ether oxygens (including phenoxy) is 1. The third-order valence-electron chi connectivity index (χ3n) is 4.64. The van der Waals surface area contributed by atoms with Gasteiger partial charge < -0.3 is 15.4 Å². The summed E-state index contributed by atoms with van der Waals surface area (Å²) < 4.78 is 50.9. The van der Waals surface area contributed by atoms with E-state index in [1.807, 2.05) is 0 Å². The number of carbonyl (C=O) groups is 1. The highest BCUT2D eigenvalue weighted by Crippen LogP contribution is 2.33. The number of amides is 1. The molecule has 1 fully saturated rings. The van der Waals surface area contributed by atoms with Crippen LogP contribution < -0.4 is 15.4 Å². The maximum absolute atomic E-state index is 15.0. The van der Waals surface area contributed by atoms with Crippen LogP contribution in [0.3, 0.4) is 0 Å². The third-order valence-corrected chi connectivity index (χ3v) is 6.63. The van der Waals surface area contributed by atoms with E-state index in [-0.39, 0.29) is 39.9 Å². The second kappa shape index (κ2) is 9.94. The van der Waals surface area contributed by atoms with Crippen molar-refractivity contribution >= 4 is 44.7 Å². The van der Waals surface area contributed by atoms with E-state index in [4.69, 9.17) is 4.74 Å². The smallest absolute Gasteiger partial charge is 0.258 e. The summed E-state index contributed by atoms with van der Waals surface area (Å²) >= 11 is 0. The Morgan fingerprint density at radius 2 is 2.03 bits per heavy atom. The van der Waals surface area contributed by atoms with E-state index >= 15 is 0 Å². The number of hydrogen-bond donors (Lipinski definition) is 2. The maximum Gasteiger partial charge on any atom is 0.258 e. The van der Waals surface area contributed by atoms with Crippen molar-refractivity contribution in [1.82, 2.24) is 15.3 Å². The Morgan fingerprint density at radius 1 is 1.19 bits per heavy atom. The van der Waals surface area contributed by atoms with Gasteiger partial charge >= 0.3 is 0 Å². The molecular formula is C21H20F3N5O2S. The zero-order chi connectivity index (χ0) is 22.5. The Hall–Kier alpha value is -3.21. The normalized spacial score (nSPS) is 13.5. The number of nitrogens with zero attached hydrogens (tertiary/aromatic N) is 3. The third kappa shape index (κ3) is 5.16. The van der Waals surface area contributed by atoms with Crippen molar-refractivity contribution in [2.75, 3.05) is 36.6 Å². The zero-order valence-electron chi connectivity index (χ0n) is 16.9. The van der Waals surface area contributed by atoms with Gasteiger partial charge in [-0.15, -0.1) is 0 Å². The van der Waals surface area contributed by atoms with Gasteiger partial charge in [0.25, 0.3) is 5.91 Å². The lowest BCUT2D eigenvalue weighted by atomic mass is 10.2. The molecule has 4 rings (SSSR count). The minimum absolute atomic E-state index is 0.0189. The molecule has 7 nitrogen and oxygen atoms in total. The van der Waals surface area contributed by atoms with Gasteiger partial charge in [0.2, 0.25) is 0 Å². The molecular weight excluding hydrogens is 443 g/mol. The predicted molar refractivity (Wildman–Crippen MR) is 117 cm³/mol. The van der Waals surface area contributed by atoms with Crippen LogP contribution in [0.2, 0.25) is 0 Å². The molecule has 0 radical (unpaired) electrons. The summed E-state index contributed by atoms with van der Waals surface area (Å²) in [5, 5.41) is 5.40. The molecule has 168 valence electrons. The Balaban J connectivity index is 1.61. The topological polar surface area (TPSA) is 88.5 Å². The van der Waals surface area contributed by atoms with Gasteiger partial charge in [0, 0.05) is 30.2 Å². The Kier molecular flexibility index (Phi) is 6.84. The van der Waals surface area contributed by atoms with Crippen LogP contribution in [0.4, 0.5) is 30.4 Å². The SMILES string of the molecule is O=C(COc1cc(F)ccc1Nc1ncnc2cc(N=S3CCC3)cc(F)c12)NCCF. The van der Waals surface area contributed by atoms with E-state index in [9.17, 15) is 18.0 Å². The van der Waals surface area contributed by atoms with Gasteiger partial charge in [-0.05, 0) is 24.6 Å². The van der Waals surface area contributed by atoms with Crippen molar-refractivity contribution in [3.63, 3.8) is 0 Å². The van der Waals surface area contributed by atoms with E-state index in [0.29, 0.717) is 11.2 Å². The number of benzene rings is 2. The van der Waals surface area contributed by atoms with Crippen molar-refractivity contribution in [3.05, 3.63) is 48.3 Å². The van der Waals surface area contributed by atoms with E-state index in [2.05, 4.69) is 25.0 Å². The van der Waals surface area contributed by atoms with Crippen LogP contribution in [0.25, 0.3) is 10.9 Å². The first kappa shape index (κ1) is 22.0. The molecule has 1 amide bonds. The van der Waals surface area contributed by atoms with Crippen LogP contribution >= 0.6 is 0 Å². The van der Waals surface area contributed by atoms with E-state index in [1.54, 1.807) is 6.07 Å². The summed E-state index contributed by atoms with van der Waals surface area (Å²) in [5.74, 6) is 0.541. The Labute approximate surface area is 184 Å². The number of rotatable bonds is 8. The van der Waals surface area contributed by atoms with E-state index < -0.39 is 30.8 Å². The summed E-state index contributed by atoms with van der Waals surface area (Å²) in [6.45, 7) is -1.29. The Morgan fingerprint density at radius 3 is 2.78 bits per heavy atom. The molecule has 1 aromatic heterocycles. The standard InChI is InChI=1S/C21H20F3N5O2S/c22-4-5-25-19(30)11-31-18-8-13(23)2-3-16(18)28-21-20-15(24)9-14(29-32-6-1-7-32)10-17(20)26-12-27-21/h2-3,8-10,12H,1,4-7,11H2,(H,25,30)(H,26,27,28). The van der Waals surface area contributed by atoms with Crippen LogP contribution in [0, 0.1) is 11.6 Å². The van der Waals surface area contributed by atoms with Gasteiger partial charge in [-0.25, -0.2) is 27.5 Å². The minimum Gasteiger partial charge on any atom is -0.481 e. The molecule has 11 heteroatoms. The minimum atomic E-state index is -0.707. The van der Waals surface area contributed by atoms with Crippen LogP contribution in [0.15, 0.2) is 41.0 Å². The van der Waals surface area contributed by atoms with Gasteiger partial charge in [0.15, 0.2) is 6.61 Å². The second-order valence-electron chi connectivity index (χ2n) is 6.95. The van der Waals surface area contributed by atoms with Gasteiger partial charge in [-0.1, -0.05) is 10.7 Å². The van der Waals surface area contributed by atoms with Gasteiger partial charge in [-0.2, -0.15) is 0 Å². The van der Waals surface area contributed by atoms with Crippen LogP contribution in [0.5, 0.6) is 5.75 Å². The van der Waals surface area contributed by atoms with Gasteiger partial charge in [0.05, 0.1) is 22.3 Å². The average Bonchev–Trinajstić information content (AvgIpc) is 2.75. The van der Waals surface area contributed by atoms with Crippen molar-refractivity contribution in [2.45, 2.75) is 6.42 Å². The highest BCUT2D eigenvalue weighted by molar-refractivity contribution is 7.88. The molecule has 32 heavy (non-hydrogen) atoms. The van der Waals surface area contributed by atoms with Crippen LogP contribution in [-0.2, 0) is 15.5 Å². The summed E-state index contributed by atoms with van der Waals surface area (Å²) in [7, 11) is -0.0557. The van der Waals surface area contributed by atoms with Crippen LogP contribution in [0.1, 0.15) is 6.42 Å². The number of hydrogen-bond acceptors (Lipinski definition) is 6. The number of halogens is 3. The van der Waals surface area contributed by atoms with Crippen molar-refractivity contribution < 1.29 is 22.7 Å². The number of alkyl halides is 1. The lowest BCUT2D eigenvalue weighted by Gasteiger charge is -2.16. The molecule has 0 unspecified atom stereocenters. The lowest BCUT2D eigenvalue weighted by Crippen LogP contribution is -2.30. The second-order valence-corrected chi connectivity index (χ2v) is 8.88. The van der Waals surface area contributed by atoms with Crippen molar-refractivity contribution in [3.8, 4) is 5.75 Å². The monoisotopic (exact) mass is 463 g/mol. The van der Waals surface area contributed by atoms with E-state index in [0.717, 1.165) is 24.0 Å².